The summed E-state index contributed by atoms with van der Waals surface area (Å²) >= 11 is 6.21. The van der Waals surface area contributed by atoms with E-state index in [4.69, 9.17) is 16.3 Å². The predicted octanol–water partition coefficient (Wildman–Crippen LogP) is 6.66. The Morgan fingerprint density at radius 2 is 1.43 bits per heavy atom. The molecule has 0 aliphatic rings. The highest BCUT2D eigenvalue weighted by Gasteiger charge is 2.33. The molecule has 0 radical (unpaired) electrons. The monoisotopic (exact) mass is 633 g/mol. The van der Waals surface area contributed by atoms with Gasteiger partial charge in [-0.15, -0.1) is 0 Å². The molecule has 1 atom stereocenters. The zero-order valence-electron chi connectivity index (χ0n) is 25.1. The Balaban J connectivity index is 1.70. The standard InChI is InChI=1S/C34H36ClN3O5S/c1-25(33(40)36-34(2,3)4)37(23-26-12-11-13-27(35)22-26)32(39)24-38(44(41,42)31-16-9-6-10-17-31)28-18-20-30(21-19-28)43-29-14-7-5-8-15-29/h5-22,25H,23-24H2,1-4H3,(H,36,40). The van der Waals surface area contributed by atoms with Crippen molar-refractivity contribution in [2.24, 2.45) is 0 Å². The molecule has 2 amide bonds. The van der Waals surface area contributed by atoms with Gasteiger partial charge in [-0.2, -0.15) is 0 Å². The molecule has 0 bridgehead atoms. The predicted molar refractivity (Wildman–Crippen MR) is 173 cm³/mol. The summed E-state index contributed by atoms with van der Waals surface area (Å²) in [6, 6.07) is 29.6. The first kappa shape index (κ1) is 32.6. The van der Waals surface area contributed by atoms with Crippen molar-refractivity contribution in [3.05, 3.63) is 120 Å². The molecule has 44 heavy (non-hydrogen) atoms. The molecule has 4 aromatic carbocycles. The second kappa shape index (κ2) is 14.0. The van der Waals surface area contributed by atoms with Crippen molar-refractivity contribution < 1.29 is 22.7 Å². The van der Waals surface area contributed by atoms with Gasteiger partial charge in [0.15, 0.2) is 0 Å². The fraction of sp³-hybridized carbons (Fsp3) is 0.235. The smallest absolute Gasteiger partial charge is 0.264 e. The number of benzene rings is 4. The van der Waals surface area contributed by atoms with E-state index >= 15 is 0 Å². The van der Waals surface area contributed by atoms with Gasteiger partial charge in [-0.3, -0.25) is 13.9 Å². The van der Waals surface area contributed by atoms with Crippen molar-refractivity contribution in [1.82, 2.24) is 10.2 Å². The number of amides is 2. The number of anilines is 1. The zero-order chi connectivity index (χ0) is 31.9. The molecule has 0 saturated heterocycles. The van der Waals surface area contributed by atoms with E-state index in [9.17, 15) is 18.0 Å². The largest absolute Gasteiger partial charge is 0.457 e. The van der Waals surface area contributed by atoms with Crippen molar-refractivity contribution >= 4 is 39.1 Å². The quantitative estimate of drug-likeness (QED) is 0.199. The summed E-state index contributed by atoms with van der Waals surface area (Å²) < 4.78 is 34.9. The molecule has 0 heterocycles. The fourth-order valence-electron chi connectivity index (χ4n) is 4.44. The van der Waals surface area contributed by atoms with E-state index in [1.165, 1.54) is 17.0 Å². The Morgan fingerprint density at radius 1 is 0.841 bits per heavy atom. The van der Waals surface area contributed by atoms with E-state index in [0.29, 0.717) is 22.1 Å². The van der Waals surface area contributed by atoms with E-state index in [1.807, 2.05) is 51.1 Å². The molecular weight excluding hydrogens is 598 g/mol. The summed E-state index contributed by atoms with van der Waals surface area (Å²) in [5, 5.41) is 3.39. The van der Waals surface area contributed by atoms with E-state index < -0.39 is 34.1 Å². The van der Waals surface area contributed by atoms with E-state index in [0.717, 1.165) is 4.31 Å². The number of ether oxygens (including phenoxy) is 1. The molecule has 1 N–H and O–H groups in total. The van der Waals surface area contributed by atoms with Crippen LogP contribution < -0.4 is 14.4 Å². The first-order chi connectivity index (χ1) is 20.8. The summed E-state index contributed by atoms with van der Waals surface area (Å²) in [6.45, 7) is 6.65. The number of para-hydroxylation sites is 1. The van der Waals surface area contributed by atoms with Crippen LogP contribution in [0.4, 0.5) is 5.69 Å². The second-order valence-corrected chi connectivity index (χ2v) is 13.6. The Morgan fingerprint density at radius 3 is 2.02 bits per heavy atom. The minimum atomic E-state index is -4.19. The molecule has 1 unspecified atom stereocenters. The Kier molecular flexibility index (Phi) is 10.3. The van der Waals surface area contributed by atoms with Gasteiger partial charge in [-0.05, 0) is 93.9 Å². The van der Waals surface area contributed by atoms with Crippen LogP contribution in [0, 0.1) is 0 Å². The van der Waals surface area contributed by atoms with Crippen LogP contribution in [0.5, 0.6) is 11.5 Å². The zero-order valence-corrected chi connectivity index (χ0v) is 26.7. The molecule has 0 aromatic heterocycles. The maximum Gasteiger partial charge on any atom is 0.264 e. The summed E-state index contributed by atoms with van der Waals surface area (Å²) in [6.07, 6.45) is 0. The van der Waals surface area contributed by atoms with Crippen molar-refractivity contribution in [2.75, 3.05) is 10.8 Å². The van der Waals surface area contributed by atoms with E-state index in [1.54, 1.807) is 73.7 Å². The van der Waals surface area contributed by atoms with Crippen LogP contribution in [0.15, 0.2) is 114 Å². The van der Waals surface area contributed by atoms with Crippen molar-refractivity contribution in [3.63, 3.8) is 0 Å². The van der Waals surface area contributed by atoms with Gasteiger partial charge >= 0.3 is 0 Å². The molecule has 4 rings (SSSR count). The third kappa shape index (κ3) is 8.61. The molecule has 0 aliphatic heterocycles. The number of carbonyl (C=O) groups is 2. The molecule has 10 heteroatoms. The number of rotatable bonds is 11. The molecule has 8 nitrogen and oxygen atoms in total. The normalized spacial score (nSPS) is 12.2. The van der Waals surface area contributed by atoms with Gasteiger partial charge in [-0.25, -0.2) is 8.42 Å². The average Bonchev–Trinajstić information content (AvgIpc) is 2.99. The number of carbonyl (C=O) groups excluding carboxylic acids is 2. The minimum absolute atomic E-state index is 0.0253. The van der Waals surface area contributed by atoms with Crippen LogP contribution in [-0.2, 0) is 26.2 Å². The highest BCUT2D eigenvalue weighted by molar-refractivity contribution is 7.92. The Hall–Kier alpha value is -4.34. The number of halogens is 1. The highest BCUT2D eigenvalue weighted by Crippen LogP contribution is 2.28. The lowest BCUT2D eigenvalue weighted by molar-refractivity contribution is -0.140. The van der Waals surface area contributed by atoms with Gasteiger partial charge < -0.3 is 15.0 Å². The second-order valence-electron chi connectivity index (χ2n) is 11.3. The fourth-order valence-corrected chi connectivity index (χ4v) is 6.09. The Bertz CT molecular complexity index is 1680. The maximum absolute atomic E-state index is 14.1. The molecular formula is C34H36ClN3O5S. The summed E-state index contributed by atoms with van der Waals surface area (Å²) in [4.78, 5) is 28.7. The van der Waals surface area contributed by atoms with Crippen LogP contribution in [0.25, 0.3) is 0 Å². The Labute approximate surface area is 264 Å². The van der Waals surface area contributed by atoms with Gasteiger partial charge in [0.25, 0.3) is 10.0 Å². The summed E-state index contributed by atoms with van der Waals surface area (Å²) in [5.41, 5.74) is 0.417. The molecule has 230 valence electrons. The van der Waals surface area contributed by atoms with E-state index in [2.05, 4.69) is 5.32 Å². The summed E-state index contributed by atoms with van der Waals surface area (Å²) in [7, 11) is -4.19. The lowest BCUT2D eigenvalue weighted by atomic mass is 10.1. The third-order valence-electron chi connectivity index (χ3n) is 6.62. The molecule has 0 spiro atoms. The van der Waals surface area contributed by atoms with Gasteiger partial charge in [0, 0.05) is 17.1 Å². The van der Waals surface area contributed by atoms with Crippen molar-refractivity contribution in [3.8, 4) is 11.5 Å². The number of hydrogen-bond acceptors (Lipinski definition) is 5. The van der Waals surface area contributed by atoms with Crippen LogP contribution in [0.2, 0.25) is 5.02 Å². The molecule has 0 fully saturated rings. The number of nitrogens with zero attached hydrogens (tertiary/aromatic N) is 2. The van der Waals surface area contributed by atoms with Crippen LogP contribution >= 0.6 is 11.6 Å². The SMILES string of the molecule is CC(C(=O)NC(C)(C)C)N(Cc1cccc(Cl)c1)C(=O)CN(c1ccc(Oc2ccccc2)cc1)S(=O)(=O)c1ccccc1. The lowest BCUT2D eigenvalue weighted by Gasteiger charge is -2.33. The number of hydrogen-bond donors (Lipinski definition) is 1. The molecule has 4 aromatic rings. The van der Waals surface area contributed by atoms with Crippen LogP contribution in [-0.4, -0.2) is 43.3 Å². The lowest BCUT2D eigenvalue weighted by Crippen LogP contribution is -2.54. The average molecular weight is 634 g/mol. The molecule has 0 aliphatic carbocycles. The first-order valence-corrected chi connectivity index (χ1v) is 15.9. The van der Waals surface area contributed by atoms with Gasteiger partial charge in [0.05, 0.1) is 10.6 Å². The maximum atomic E-state index is 14.1. The number of nitrogens with one attached hydrogen (secondary N) is 1. The highest BCUT2D eigenvalue weighted by atomic mass is 35.5. The van der Waals surface area contributed by atoms with Crippen molar-refractivity contribution in [1.29, 1.82) is 0 Å². The van der Waals surface area contributed by atoms with E-state index in [-0.39, 0.29) is 23.0 Å². The third-order valence-corrected chi connectivity index (χ3v) is 8.64. The van der Waals surface area contributed by atoms with Crippen molar-refractivity contribution in [2.45, 2.75) is 50.7 Å². The van der Waals surface area contributed by atoms with Gasteiger partial charge in [0.2, 0.25) is 11.8 Å². The van der Waals surface area contributed by atoms with Crippen LogP contribution in [0.3, 0.4) is 0 Å². The van der Waals surface area contributed by atoms with Gasteiger partial charge in [-0.1, -0.05) is 60.1 Å². The summed E-state index contributed by atoms with van der Waals surface area (Å²) in [5.74, 6) is 0.195. The number of sulfonamides is 1. The minimum Gasteiger partial charge on any atom is -0.457 e. The topological polar surface area (TPSA) is 96.0 Å². The molecule has 0 saturated carbocycles. The first-order valence-electron chi connectivity index (χ1n) is 14.1. The van der Waals surface area contributed by atoms with Crippen LogP contribution in [0.1, 0.15) is 33.3 Å². The van der Waals surface area contributed by atoms with Gasteiger partial charge in [0.1, 0.15) is 24.1 Å².